The number of anilines is 2. The van der Waals surface area contributed by atoms with Gasteiger partial charge in [0.05, 0.1) is 18.4 Å². The molecule has 0 aliphatic rings. The molecule has 0 aromatic heterocycles. The molecule has 0 bridgehead atoms. The largest absolute Gasteiger partial charge is 0.465 e. The lowest BCUT2D eigenvalue weighted by Gasteiger charge is -2.10. The fourth-order valence-corrected chi connectivity index (χ4v) is 2.76. The topological polar surface area (TPSA) is 84.5 Å². The highest BCUT2D eigenvalue weighted by Crippen LogP contribution is 2.18. The normalized spacial score (nSPS) is 10.1. The van der Waals surface area contributed by atoms with Gasteiger partial charge in [-0.05, 0) is 55.0 Å². The predicted octanol–water partition coefficient (Wildman–Crippen LogP) is 4.29. The van der Waals surface area contributed by atoms with E-state index < -0.39 is 11.9 Å². The molecule has 0 saturated carbocycles. The van der Waals surface area contributed by atoms with Crippen molar-refractivity contribution in [2.75, 3.05) is 17.7 Å². The van der Waals surface area contributed by atoms with E-state index in [-0.39, 0.29) is 11.5 Å². The number of methoxy groups -OCH3 is 1. The first-order chi connectivity index (χ1) is 14.0. The van der Waals surface area contributed by atoms with Gasteiger partial charge in [-0.1, -0.05) is 30.3 Å². The summed E-state index contributed by atoms with van der Waals surface area (Å²) in [5.41, 5.74) is 3.10. The molecule has 2 N–H and O–H groups in total. The summed E-state index contributed by atoms with van der Waals surface area (Å²) in [6, 6.07) is 20.3. The van der Waals surface area contributed by atoms with Crippen LogP contribution in [0.2, 0.25) is 0 Å². The summed E-state index contributed by atoms with van der Waals surface area (Å²) in [5, 5.41) is 5.55. The van der Waals surface area contributed by atoms with Crippen molar-refractivity contribution in [3.63, 3.8) is 0 Å². The van der Waals surface area contributed by atoms with Gasteiger partial charge in [-0.15, -0.1) is 0 Å². The van der Waals surface area contributed by atoms with E-state index in [2.05, 4.69) is 10.6 Å². The average molecular weight is 388 g/mol. The third-order valence-electron chi connectivity index (χ3n) is 4.38. The van der Waals surface area contributed by atoms with Gasteiger partial charge >= 0.3 is 5.97 Å². The van der Waals surface area contributed by atoms with E-state index in [4.69, 9.17) is 4.74 Å². The van der Waals surface area contributed by atoms with Crippen LogP contribution in [0.3, 0.4) is 0 Å². The van der Waals surface area contributed by atoms with Crippen molar-refractivity contribution in [2.45, 2.75) is 6.92 Å². The van der Waals surface area contributed by atoms with Crippen LogP contribution < -0.4 is 10.6 Å². The van der Waals surface area contributed by atoms with Gasteiger partial charge < -0.3 is 15.4 Å². The number of hydrogen-bond donors (Lipinski definition) is 2. The van der Waals surface area contributed by atoms with E-state index in [9.17, 15) is 14.4 Å². The first kappa shape index (κ1) is 19.8. The maximum absolute atomic E-state index is 12.5. The highest BCUT2D eigenvalue weighted by Gasteiger charge is 2.15. The van der Waals surface area contributed by atoms with Crippen molar-refractivity contribution in [1.82, 2.24) is 0 Å². The molecule has 0 aliphatic heterocycles. The Morgan fingerprint density at radius 3 is 1.72 bits per heavy atom. The molecule has 0 unspecified atom stereocenters. The number of para-hydroxylation sites is 2. The molecule has 29 heavy (non-hydrogen) atoms. The second-order valence-corrected chi connectivity index (χ2v) is 6.34. The zero-order chi connectivity index (χ0) is 20.8. The Kier molecular flexibility index (Phi) is 6.04. The van der Waals surface area contributed by atoms with Crippen LogP contribution in [0, 0.1) is 6.92 Å². The molecule has 0 aliphatic carbocycles. The summed E-state index contributed by atoms with van der Waals surface area (Å²) in [5.74, 6) is -1.20. The number of rotatable bonds is 5. The summed E-state index contributed by atoms with van der Waals surface area (Å²) in [4.78, 5) is 36.8. The van der Waals surface area contributed by atoms with Crippen LogP contribution >= 0.6 is 0 Å². The summed E-state index contributed by atoms with van der Waals surface area (Å²) in [7, 11) is 1.28. The first-order valence-corrected chi connectivity index (χ1v) is 8.95. The van der Waals surface area contributed by atoms with Gasteiger partial charge in [0.1, 0.15) is 0 Å². The Balaban J connectivity index is 1.72. The molecule has 2 amide bonds. The molecule has 3 rings (SSSR count). The van der Waals surface area contributed by atoms with Crippen LogP contribution in [0.15, 0.2) is 72.8 Å². The van der Waals surface area contributed by atoms with E-state index in [1.54, 1.807) is 48.5 Å². The van der Waals surface area contributed by atoms with E-state index in [1.165, 1.54) is 7.11 Å². The molecular formula is C23H20N2O4. The van der Waals surface area contributed by atoms with Crippen molar-refractivity contribution >= 4 is 29.2 Å². The van der Waals surface area contributed by atoms with Gasteiger partial charge in [-0.2, -0.15) is 0 Å². The van der Waals surface area contributed by atoms with Crippen molar-refractivity contribution in [3.8, 4) is 0 Å². The molecule has 146 valence electrons. The lowest BCUT2D eigenvalue weighted by Crippen LogP contribution is -2.16. The number of esters is 1. The molecule has 0 heterocycles. The monoisotopic (exact) mass is 388 g/mol. The van der Waals surface area contributed by atoms with Gasteiger partial charge in [0.2, 0.25) is 0 Å². The van der Waals surface area contributed by atoms with Gasteiger partial charge in [0, 0.05) is 16.8 Å². The number of aryl methyl sites for hydroxylation is 1. The van der Waals surface area contributed by atoms with Crippen LogP contribution in [0.5, 0.6) is 0 Å². The number of benzene rings is 3. The summed E-state index contributed by atoms with van der Waals surface area (Å²) < 4.78 is 4.73. The Hall–Kier alpha value is -3.93. The third-order valence-corrected chi connectivity index (χ3v) is 4.38. The number of hydrogen-bond acceptors (Lipinski definition) is 4. The van der Waals surface area contributed by atoms with E-state index >= 15 is 0 Å². The van der Waals surface area contributed by atoms with Crippen LogP contribution in [0.1, 0.15) is 36.6 Å². The van der Waals surface area contributed by atoms with Crippen molar-refractivity contribution in [2.24, 2.45) is 0 Å². The van der Waals surface area contributed by atoms with Gasteiger partial charge in [0.25, 0.3) is 11.8 Å². The minimum absolute atomic E-state index is 0.262. The summed E-state index contributed by atoms with van der Waals surface area (Å²) in [6.07, 6.45) is 0. The van der Waals surface area contributed by atoms with Crippen molar-refractivity contribution in [3.05, 3.63) is 95.1 Å². The number of nitrogens with one attached hydrogen (secondary N) is 2. The SMILES string of the molecule is COC(=O)c1ccccc1NC(=O)c1ccc(C(=O)Nc2ccccc2C)cc1. The fraction of sp³-hybridized carbons (Fsp3) is 0.0870. The van der Waals surface area contributed by atoms with E-state index in [1.807, 2.05) is 31.2 Å². The maximum Gasteiger partial charge on any atom is 0.339 e. The number of amides is 2. The molecule has 3 aromatic carbocycles. The van der Waals surface area contributed by atoms with Crippen LogP contribution in [0.25, 0.3) is 0 Å². The van der Waals surface area contributed by atoms with Crippen LogP contribution in [-0.2, 0) is 4.74 Å². The maximum atomic E-state index is 12.5. The molecule has 0 saturated heterocycles. The Morgan fingerprint density at radius 1 is 0.690 bits per heavy atom. The lowest BCUT2D eigenvalue weighted by atomic mass is 10.1. The smallest absolute Gasteiger partial charge is 0.339 e. The third kappa shape index (κ3) is 4.68. The zero-order valence-electron chi connectivity index (χ0n) is 16.1. The summed E-state index contributed by atoms with van der Waals surface area (Å²) in [6.45, 7) is 1.91. The number of carbonyl (C=O) groups is 3. The fourth-order valence-electron chi connectivity index (χ4n) is 2.76. The Bertz CT molecular complexity index is 1060. The molecule has 0 spiro atoms. The van der Waals surface area contributed by atoms with Gasteiger partial charge in [-0.3, -0.25) is 9.59 Å². The quantitative estimate of drug-likeness (QED) is 0.639. The Labute approximate surface area is 168 Å². The predicted molar refractivity (Wildman–Crippen MR) is 111 cm³/mol. The highest BCUT2D eigenvalue weighted by atomic mass is 16.5. The minimum Gasteiger partial charge on any atom is -0.465 e. The van der Waals surface area contributed by atoms with Crippen molar-refractivity contribution < 1.29 is 19.1 Å². The van der Waals surface area contributed by atoms with E-state index in [0.717, 1.165) is 11.3 Å². The molecular weight excluding hydrogens is 368 g/mol. The first-order valence-electron chi connectivity index (χ1n) is 8.95. The molecule has 0 radical (unpaired) electrons. The van der Waals surface area contributed by atoms with Gasteiger partial charge in [0.15, 0.2) is 0 Å². The summed E-state index contributed by atoms with van der Waals surface area (Å²) >= 11 is 0. The zero-order valence-corrected chi connectivity index (χ0v) is 16.1. The number of carbonyl (C=O) groups excluding carboxylic acids is 3. The lowest BCUT2D eigenvalue weighted by molar-refractivity contribution is 0.0601. The Morgan fingerprint density at radius 2 is 1.17 bits per heavy atom. The van der Waals surface area contributed by atoms with E-state index in [0.29, 0.717) is 16.8 Å². The average Bonchev–Trinajstić information content (AvgIpc) is 2.75. The standard InChI is InChI=1S/C23H20N2O4/c1-15-7-3-5-9-19(15)24-21(26)16-11-13-17(14-12-16)22(27)25-20-10-6-4-8-18(20)23(28)29-2/h3-14H,1-2H3,(H,24,26)(H,25,27). The second-order valence-electron chi connectivity index (χ2n) is 6.34. The highest BCUT2D eigenvalue weighted by molar-refractivity contribution is 6.09. The minimum atomic E-state index is -0.538. The van der Waals surface area contributed by atoms with Crippen molar-refractivity contribution in [1.29, 1.82) is 0 Å². The van der Waals surface area contributed by atoms with Crippen LogP contribution in [-0.4, -0.2) is 24.9 Å². The molecule has 0 atom stereocenters. The molecule has 3 aromatic rings. The molecule has 6 heteroatoms. The van der Waals surface area contributed by atoms with Crippen LogP contribution in [0.4, 0.5) is 11.4 Å². The number of ether oxygens (including phenoxy) is 1. The second kappa shape index (κ2) is 8.84. The molecule has 0 fully saturated rings. The van der Waals surface area contributed by atoms with Gasteiger partial charge in [-0.25, -0.2) is 4.79 Å². The molecule has 6 nitrogen and oxygen atoms in total.